The van der Waals surface area contributed by atoms with Crippen molar-refractivity contribution < 1.29 is 41.2 Å². The first kappa shape index (κ1) is 31.4. The van der Waals surface area contributed by atoms with E-state index in [0.29, 0.717) is 58.9 Å². The number of sulfone groups is 1. The van der Waals surface area contributed by atoms with E-state index in [-0.39, 0.29) is 29.4 Å². The lowest BCUT2D eigenvalue weighted by molar-refractivity contribution is -0.377. The van der Waals surface area contributed by atoms with Crippen molar-refractivity contribution in [2.24, 2.45) is 5.92 Å². The van der Waals surface area contributed by atoms with Crippen molar-refractivity contribution in [1.82, 2.24) is 4.90 Å². The molecule has 2 fully saturated rings. The van der Waals surface area contributed by atoms with E-state index in [1.54, 1.807) is 42.7 Å². The van der Waals surface area contributed by atoms with Crippen molar-refractivity contribution in [2.45, 2.75) is 38.5 Å². The smallest absolute Gasteiger partial charge is 0.387 e. The second-order valence-electron chi connectivity index (χ2n) is 10.7. The molecule has 1 saturated heterocycles. The topological polar surface area (TPSA) is 96.3 Å². The Kier molecular flexibility index (Phi) is 10.1. The first-order chi connectivity index (χ1) is 20.6. The Bertz CT molecular complexity index is 1520. The number of aromatic amines is 1. The van der Waals surface area contributed by atoms with E-state index >= 15 is 0 Å². The standard InChI is InChI=1S/C30H30Cl2F2N2O6S/c31-24-15-35-16-25(32)23(24)14-27(22-7-8-26(42-30(33)34)28(13-22)40-18-20-1-2-20)41-29(37)21-5-3-19(4-6-21)17-36-9-11-43(38,39)12-10-36/h3-8,13,15-16,20,27,30H,1-2,9-12,14,17-18H2/p+1/t27-/m0/s1. The highest BCUT2D eigenvalue weighted by molar-refractivity contribution is 7.91. The lowest BCUT2D eigenvalue weighted by atomic mass is 10.0. The zero-order valence-electron chi connectivity index (χ0n) is 23.1. The Morgan fingerprint density at radius 2 is 1.67 bits per heavy atom. The molecule has 0 radical (unpaired) electrons. The molecule has 1 aromatic heterocycles. The van der Waals surface area contributed by atoms with Gasteiger partial charge >= 0.3 is 12.6 Å². The monoisotopic (exact) mass is 655 g/mol. The average Bonchev–Trinajstić information content (AvgIpc) is 3.80. The Hall–Kier alpha value is -2.99. The minimum atomic E-state index is -3.04. The number of hydrogen-bond acceptors (Lipinski definition) is 7. The molecule has 13 heteroatoms. The third kappa shape index (κ3) is 8.78. The quantitative estimate of drug-likeness (QED) is 0.235. The van der Waals surface area contributed by atoms with Gasteiger partial charge in [0.15, 0.2) is 33.7 Å². The van der Waals surface area contributed by atoms with Crippen LogP contribution in [-0.2, 0) is 27.5 Å². The molecule has 2 heterocycles. The molecular weight excluding hydrogens is 625 g/mol. The molecule has 8 nitrogen and oxygen atoms in total. The maximum absolute atomic E-state index is 13.4. The zero-order chi connectivity index (χ0) is 30.6. The van der Waals surface area contributed by atoms with Crippen LogP contribution in [0.3, 0.4) is 0 Å². The largest absolute Gasteiger partial charge is 0.489 e. The Labute approximate surface area is 258 Å². The van der Waals surface area contributed by atoms with Gasteiger partial charge in [0.25, 0.3) is 0 Å². The van der Waals surface area contributed by atoms with Crippen molar-refractivity contribution in [3.8, 4) is 11.5 Å². The van der Waals surface area contributed by atoms with Crippen LogP contribution in [0.5, 0.6) is 11.5 Å². The van der Waals surface area contributed by atoms with E-state index < -0.39 is 28.5 Å². The van der Waals surface area contributed by atoms with Gasteiger partial charge < -0.3 is 14.2 Å². The number of benzene rings is 2. The molecule has 230 valence electrons. The lowest BCUT2D eigenvalue weighted by Gasteiger charge is -2.26. The highest BCUT2D eigenvalue weighted by atomic mass is 35.5. The van der Waals surface area contributed by atoms with Gasteiger partial charge in [-0.15, -0.1) is 0 Å². The van der Waals surface area contributed by atoms with Crippen molar-refractivity contribution in [1.29, 1.82) is 0 Å². The van der Waals surface area contributed by atoms with E-state index in [0.717, 1.165) is 18.4 Å². The summed E-state index contributed by atoms with van der Waals surface area (Å²) in [5.74, 6) is 0.0319. The lowest BCUT2D eigenvalue weighted by Crippen LogP contribution is -2.39. The van der Waals surface area contributed by atoms with Gasteiger partial charge in [-0.25, -0.2) is 18.2 Å². The number of aromatic nitrogens is 1. The molecule has 0 spiro atoms. The molecule has 1 aliphatic carbocycles. The van der Waals surface area contributed by atoms with E-state index in [1.165, 1.54) is 12.1 Å². The summed E-state index contributed by atoms with van der Waals surface area (Å²) in [7, 11) is -2.97. The van der Waals surface area contributed by atoms with Gasteiger partial charge in [-0.05, 0) is 54.2 Å². The summed E-state index contributed by atoms with van der Waals surface area (Å²) in [6, 6.07) is 11.3. The minimum absolute atomic E-state index is 0.102. The summed E-state index contributed by atoms with van der Waals surface area (Å²) in [6.07, 6.45) is 4.33. The third-order valence-corrected chi connectivity index (χ3v) is 9.68. The summed E-state index contributed by atoms with van der Waals surface area (Å²) in [5, 5.41) is 0.678. The predicted octanol–water partition coefficient (Wildman–Crippen LogP) is 5.57. The van der Waals surface area contributed by atoms with Crippen LogP contribution in [-0.4, -0.2) is 57.1 Å². The van der Waals surface area contributed by atoms with Gasteiger partial charge in [0.1, 0.15) is 16.1 Å². The predicted molar refractivity (Wildman–Crippen MR) is 157 cm³/mol. The molecule has 3 aromatic rings. The van der Waals surface area contributed by atoms with Gasteiger partial charge in [0, 0.05) is 31.6 Å². The van der Waals surface area contributed by atoms with Crippen LogP contribution in [0.2, 0.25) is 10.0 Å². The van der Waals surface area contributed by atoms with Crippen molar-refractivity contribution in [2.75, 3.05) is 31.2 Å². The summed E-state index contributed by atoms with van der Waals surface area (Å²) < 4.78 is 66.1. The van der Waals surface area contributed by atoms with Crippen LogP contribution >= 0.6 is 23.2 Å². The second-order valence-corrected chi connectivity index (χ2v) is 13.8. The molecular formula is C30H31Cl2F2N2O6S+. The van der Waals surface area contributed by atoms with Crippen LogP contribution < -0.4 is 14.5 Å². The maximum atomic E-state index is 13.4. The number of halogens is 4. The van der Waals surface area contributed by atoms with E-state index in [1.807, 2.05) is 0 Å². The number of esters is 1. The average molecular weight is 657 g/mol. The number of carbonyl (C=O) groups is 1. The molecule has 2 aromatic carbocycles. The number of hydrogen-bond donors (Lipinski definition) is 0. The normalized spacial score (nSPS) is 17.4. The molecule has 1 N–H and O–H groups in total. The fourth-order valence-corrected chi connectivity index (χ4v) is 6.53. The summed E-state index contributed by atoms with van der Waals surface area (Å²) in [4.78, 5) is 18.3. The van der Waals surface area contributed by atoms with Gasteiger partial charge in [0.2, 0.25) is 0 Å². The molecule has 1 atom stereocenters. The highest BCUT2D eigenvalue weighted by Crippen LogP contribution is 2.38. The number of nitrogens with zero attached hydrogens (tertiary/aromatic N) is 1. The van der Waals surface area contributed by atoms with Crippen LogP contribution in [0.1, 0.15) is 46.0 Å². The van der Waals surface area contributed by atoms with Crippen LogP contribution in [0, 0.1) is 5.92 Å². The summed E-state index contributed by atoms with van der Waals surface area (Å²) in [6.45, 7) is -1.19. The summed E-state index contributed by atoms with van der Waals surface area (Å²) in [5.41, 5.74) is 2.25. The molecule has 0 bridgehead atoms. The fourth-order valence-electron chi connectivity index (χ4n) is 4.72. The molecule has 43 heavy (non-hydrogen) atoms. The van der Waals surface area contributed by atoms with Gasteiger partial charge in [-0.3, -0.25) is 4.90 Å². The van der Waals surface area contributed by atoms with Crippen LogP contribution in [0.15, 0.2) is 54.9 Å². The Morgan fingerprint density at radius 3 is 2.30 bits per heavy atom. The summed E-state index contributed by atoms with van der Waals surface area (Å²) >= 11 is 12.8. The molecule has 2 aliphatic rings. The van der Waals surface area contributed by atoms with Crippen molar-refractivity contribution in [3.63, 3.8) is 0 Å². The maximum Gasteiger partial charge on any atom is 0.387 e. The number of H-pyrrole nitrogens is 1. The number of ether oxygens (including phenoxy) is 3. The minimum Gasteiger partial charge on any atom is -0.489 e. The van der Waals surface area contributed by atoms with E-state index in [2.05, 4.69) is 14.6 Å². The zero-order valence-corrected chi connectivity index (χ0v) is 25.4. The van der Waals surface area contributed by atoms with Gasteiger partial charge in [0.05, 0.1) is 23.7 Å². The molecule has 0 amide bonds. The molecule has 1 aliphatic heterocycles. The van der Waals surface area contributed by atoms with E-state index in [9.17, 15) is 22.0 Å². The number of carbonyl (C=O) groups excluding carboxylic acids is 1. The number of alkyl halides is 2. The Morgan fingerprint density at radius 1 is 1.00 bits per heavy atom. The second kappa shape index (κ2) is 13.8. The first-order valence-corrected chi connectivity index (χ1v) is 16.4. The molecule has 5 rings (SSSR count). The Balaban J connectivity index is 1.36. The van der Waals surface area contributed by atoms with Gasteiger partial charge in [-0.2, -0.15) is 8.78 Å². The van der Waals surface area contributed by atoms with Crippen molar-refractivity contribution in [3.05, 3.63) is 87.2 Å². The van der Waals surface area contributed by atoms with E-state index in [4.69, 9.17) is 32.7 Å². The SMILES string of the molecule is O=C(O[C@@H](Cc1c(Cl)c[nH+]cc1Cl)c1ccc(OC(F)F)c(OCC2CC2)c1)c1ccc(CN2CCS(=O)(=O)CC2)cc1. The van der Waals surface area contributed by atoms with Crippen LogP contribution in [0.25, 0.3) is 0 Å². The van der Waals surface area contributed by atoms with Crippen LogP contribution in [0.4, 0.5) is 8.78 Å². The first-order valence-electron chi connectivity index (χ1n) is 13.8. The third-order valence-electron chi connectivity index (χ3n) is 7.40. The highest BCUT2D eigenvalue weighted by Gasteiger charge is 2.27. The number of pyridine rings is 1. The molecule has 0 unspecified atom stereocenters. The van der Waals surface area contributed by atoms with Crippen molar-refractivity contribution >= 4 is 39.0 Å². The number of nitrogens with one attached hydrogen (secondary N) is 1. The molecule has 1 saturated carbocycles. The fraction of sp³-hybridized carbons (Fsp3) is 0.400. The van der Waals surface area contributed by atoms with Gasteiger partial charge in [-0.1, -0.05) is 41.4 Å². The number of rotatable bonds is 12.